The molecule has 0 saturated heterocycles. The van der Waals surface area contributed by atoms with Gasteiger partial charge in [-0.3, -0.25) is 9.59 Å². The monoisotopic (exact) mass is 282 g/mol. The van der Waals surface area contributed by atoms with Crippen molar-refractivity contribution in [1.29, 1.82) is 5.26 Å². The molecule has 0 aromatic heterocycles. The van der Waals surface area contributed by atoms with Crippen LogP contribution in [0.5, 0.6) is 0 Å². The van der Waals surface area contributed by atoms with Crippen molar-refractivity contribution in [2.75, 3.05) is 5.73 Å². The smallest absolute Gasteiger partial charge is 0.195 e. The van der Waals surface area contributed by atoms with Crippen LogP contribution in [0.25, 0.3) is 0 Å². The zero-order valence-corrected chi connectivity index (χ0v) is 10.9. The minimum atomic E-state index is -0.380. The first-order chi connectivity index (χ1) is 9.56. The summed E-state index contributed by atoms with van der Waals surface area (Å²) in [7, 11) is 0. The van der Waals surface area contributed by atoms with Gasteiger partial charge >= 0.3 is 0 Å². The van der Waals surface area contributed by atoms with Gasteiger partial charge in [0.05, 0.1) is 21.8 Å². The first-order valence-electron chi connectivity index (χ1n) is 5.76. The first kappa shape index (κ1) is 12.4. The molecule has 0 saturated carbocycles. The van der Waals surface area contributed by atoms with Crippen molar-refractivity contribution < 1.29 is 9.59 Å². The van der Waals surface area contributed by atoms with Gasteiger partial charge < -0.3 is 5.73 Å². The molecule has 5 heteroatoms. The molecular formula is C15H7ClN2O2. The number of anilines is 1. The van der Waals surface area contributed by atoms with E-state index >= 15 is 0 Å². The molecular weight excluding hydrogens is 276 g/mol. The van der Waals surface area contributed by atoms with Gasteiger partial charge in [0.15, 0.2) is 11.6 Å². The van der Waals surface area contributed by atoms with E-state index in [1.165, 1.54) is 6.07 Å². The summed E-state index contributed by atoms with van der Waals surface area (Å²) >= 11 is 5.93. The Bertz CT molecular complexity index is 834. The molecule has 2 aromatic carbocycles. The van der Waals surface area contributed by atoms with E-state index in [1.54, 1.807) is 24.3 Å². The molecule has 1 aliphatic carbocycles. The van der Waals surface area contributed by atoms with E-state index in [1.807, 2.05) is 6.07 Å². The van der Waals surface area contributed by atoms with Gasteiger partial charge in [-0.25, -0.2) is 0 Å². The Balaban J connectivity index is 2.43. The van der Waals surface area contributed by atoms with Gasteiger partial charge in [-0.2, -0.15) is 5.26 Å². The van der Waals surface area contributed by atoms with E-state index in [0.717, 1.165) is 0 Å². The second-order valence-corrected chi connectivity index (χ2v) is 4.79. The van der Waals surface area contributed by atoms with Gasteiger partial charge in [0.1, 0.15) is 6.07 Å². The summed E-state index contributed by atoms with van der Waals surface area (Å²) in [6, 6.07) is 9.70. The van der Waals surface area contributed by atoms with Crippen LogP contribution in [0.1, 0.15) is 37.4 Å². The highest BCUT2D eigenvalue weighted by Gasteiger charge is 2.33. The number of nitrogens with two attached hydrogens (primary N) is 1. The van der Waals surface area contributed by atoms with Crippen LogP contribution < -0.4 is 5.73 Å². The average molecular weight is 283 g/mol. The van der Waals surface area contributed by atoms with Crippen LogP contribution in [-0.4, -0.2) is 11.6 Å². The van der Waals surface area contributed by atoms with E-state index in [4.69, 9.17) is 17.3 Å². The van der Waals surface area contributed by atoms with Crippen LogP contribution >= 0.6 is 11.6 Å². The van der Waals surface area contributed by atoms with Gasteiger partial charge in [-0.15, -0.1) is 0 Å². The van der Waals surface area contributed by atoms with E-state index in [9.17, 15) is 14.9 Å². The number of halogens is 1. The topological polar surface area (TPSA) is 83.9 Å². The van der Waals surface area contributed by atoms with Gasteiger partial charge in [0.25, 0.3) is 0 Å². The molecule has 0 unspecified atom stereocenters. The van der Waals surface area contributed by atoms with Crippen molar-refractivity contribution in [2.24, 2.45) is 0 Å². The Labute approximate surface area is 119 Å². The maximum Gasteiger partial charge on any atom is 0.195 e. The predicted octanol–water partition coefficient (Wildman–Crippen LogP) is 2.57. The third-order valence-electron chi connectivity index (χ3n) is 3.32. The third-order valence-corrected chi connectivity index (χ3v) is 3.63. The molecule has 0 bridgehead atoms. The van der Waals surface area contributed by atoms with Crippen LogP contribution in [-0.2, 0) is 0 Å². The number of fused-ring (bicyclic) bond motifs is 2. The summed E-state index contributed by atoms with van der Waals surface area (Å²) < 4.78 is 0. The Hall–Kier alpha value is -2.64. The van der Waals surface area contributed by atoms with Crippen LogP contribution in [0.3, 0.4) is 0 Å². The molecule has 0 aliphatic heterocycles. The van der Waals surface area contributed by atoms with Gasteiger partial charge in [0, 0.05) is 16.7 Å². The summed E-state index contributed by atoms with van der Waals surface area (Å²) in [6.45, 7) is 0. The second-order valence-electron chi connectivity index (χ2n) is 4.39. The highest BCUT2D eigenvalue weighted by Crippen LogP contribution is 2.35. The van der Waals surface area contributed by atoms with Crippen LogP contribution in [0.2, 0.25) is 5.02 Å². The van der Waals surface area contributed by atoms with Crippen LogP contribution in [0.4, 0.5) is 5.69 Å². The second kappa shape index (κ2) is 4.19. The molecule has 0 spiro atoms. The fourth-order valence-corrected chi connectivity index (χ4v) is 2.56. The maximum absolute atomic E-state index is 12.5. The molecule has 0 heterocycles. The van der Waals surface area contributed by atoms with Crippen LogP contribution in [0.15, 0.2) is 30.3 Å². The average Bonchev–Trinajstić information content (AvgIpc) is 2.47. The zero-order valence-electron chi connectivity index (χ0n) is 10.1. The van der Waals surface area contributed by atoms with Crippen molar-refractivity contribution in [3.8, 4) is 6.07 Å². The SMILES string of the molecule is N#Cc1c(N)c(Cl)cc2c1C(=O)c1ccccc1C2=O. The lowest BCUT2D eigenvalue weighted by Crippen LogP contribution is -2.22. The minimum absolute atomic E-state index is 0.0217. The Morgan fingerprint density at radius 1 is 1.05 bits per heavy atom. The predicted molar refractivity (Wildman–Crippen MR) is 73.9 cm³/mol. The molecule has 20 heavy (non-hydrogen) atoms. The van der Waals surface area contributed by atoms with E-state index in [0.29, 0.717) is 5.56 Å². The van der Waals surface area contributed by atoms with E-state index < -0.39 is 0 Å². The first-order valence-corrected chi connectivity index (χ1v) is 6.14. The molecule has 0 fully saturated rings. The number of hydrogen-bond acceptors (Lipinski definition) is 4. The van der Waals surface area contributed by atoms with E-state index in [-0.39, 0.29) is 44.5 Å². The Morgan fingerprint density at radius 2 is 1.65 bits per heavy atom. The van der Waals surface area contributed by atoms with Crippen LogP contribution in [0, 0.1) is 11.3 Å². The molecule has 0 atom stereocenters. The van der Waals surface area contributed by atoms with Crippen molar-refractivity contribution in [1.82, 2.24) is 0 Å². The highest BCUT2D eigenvalue weighted by molar-refractivity contribution is 6.36. The molecule has 2 N–H and O–H groups in total. The summed E-state index contributed by atoms with van der Waals surface area (Å²) in [5.74, 6) is -0.705. The normalized spacial score (nSPS) is 12.6. The zero-order chi connectivity index (χ0) is 14.4. The summed E-state index contributed by atoms with van der Waals surface area (Å²) in [5, 5.41) is 9.30. The van der Waals surface area contributed by atoms with Crippen molar-refractivity contribution in [3.63, 3.8) is 0 Å². The summed E-state index contributed by atoms with van der Waals surface area (Å²) in [6.07, 6.45) is 0. The minimum Gasteiger partial charge on any atom is -0.396 e. The summed E-state index contributed by atoms with van der Waals surface area (Å²) in [5.41, 5.74) is 6.47. The van der Waals surface area contributed by atoms with E-state index in [2.05, 4.69) is 0 Å². The number of benzene rings is 2. The lowest BCUT2D eigenvalue weighted by molar-refractivity contribution is 0.0979. The largest absolute Gasteiger partial charge is 0.396 e. The third kappa shape index (κ3) is 1.47. The molecule has 4 nitrogen and oxygen atoms in total. The number of hydrogen-bond donors (Lipinski definition) is 1. The number of ketones is 2. The van der Waals surface area contributed by atoms with Crippen molar-refractivity contribution in [3.05, 3.63) is 63.2 Å². The fourth-order valence-electron chi connectivity index (χ4n) is 2.36. The number of nitriles is 1. The number of rotatable bonds is 0. The number of nitrogen functional groups attached to an aromatic ring is 1. The fraction of sp³-hybridized carbons (Fsp3) is 0. The number of carbonyl (C=O) groups is 2. The lowest BCUT2D eigenvalue weighted by atomic mass is 9.81. The molecule has 2 aromatic rings. The standard InChI is InChI=1S/C15H7ClN2O2/c16-11-5-9-12(10(6-17)13(11)18)15(20)8-4-2-1-3-7(8)14(9)19/h1-5H,18H2. The van der Waals surface area contributed by atoms with Gasteiger partial charge in [-0.1, -0.05) is 35.9 Å². The Morgan fingerprint density at radius 3 is 2.25 bits per heavy atom. The lowest BCUT2D eigenvalue weighted by Gasteiger charge is -2.19. The number of carbonyl (C=O) groups excluding carboxylic acids is 2. The quantitative estimate of drug-likeness (QED) is 0.642. The molecule has 0 amide bonds. The molecule has 3 rings (SSSR count). The molecule has 0 radical (unpaired) electrons. The van der Waals surface area contributed by atoms with Crippen molar-refractivity contribution >= 4 is 28.9 Å². The summed E-state index contributed by atoms with van der Waals surface area (Å²) in [4.78, 5) is 24.9. The highest BCUT2D eigenvalue weighted by atomic mass is 35.5. The number of nitrogens with zero attached hydrogens (tertiary/aromatic N) is 1. The Kier molecular flexibility index (Phi) is 2.60. The van der Waals surface area contributed by atoms with Gasteiger partial charge in [-0.05, 0) is 6.07 Å². The molecule has 96 valence electrons. The maximum atomic E-state index is 12.5. The van der Waals surface area contributed by atoms with Crippen molar-refractivity contribution in [2.45, 2.75) is 0 Å². The van der Waals surface area contributed by atoms with Gasteiger partial charge in [0.2, 0.25) is 0 Å². The molecule has 1 aliphatic rings.